The predicted octanol–water partition coefficient (Wildman–Crippen LogP) is 3.27. The van der Waals surface area contributed by atoms with E-state index in [1.54, 1.807) is 72.8 Å². The van der Waals surface area contributed by atoms with E-state index in [0.29, 0.717) is 17.0 Å². The lowest BCUT2D eigenvalue weighted by Crippen LogP contribution is -2.27. The van der Waals surface area contributed by atoms with Gasteiger partial charge >= 0.3 is 0 Å². The molecule has 1 atom stereocenters. The molecule has 2 aromatic carbocycles. The van der Waals surface area contributed by atoms with Crippen LogP contribution in [0.5, 0.6) is 0 Å². The van der Waals surface area contributed by atoms with Crippen LogP contribution in [0.4, 0.5) is 5.69 Å². The number of sulfonamides is 1. The summed E-state index contributed by atoms with van der Waals surface area (Å²) in [6, 6.07) is 13.3. The number of carbonyl (C=O) groups is 1. The predicted molar refractivity (Wildman–Crippen MR) is 109 cm³/mol. The molecule has 1 N–H and O–H groups in total. The number of aryl methyl sites for hydroxylation is 1. The Labute approximate surface area is 163 Å². The highest BCUT2D eigenvalue weighted by atomic mass is 32.2. The van der Waals surface area contributed by atoms with Gasteiger partial charge in [-0.15, -0.1) is 0 Å². The number of benzene rings is 2. The molecule has 4 rings (SSSR count). The minimum absolute atomic E-state index is 0.154. The number of nitrogens with one attached hydrogen (secondary N) is 1. The zero-order valence-corrected chi connectivity index (χ0v) is 15.8. The van der Waals surface area contributed by atoms with E-state index in [1.807, 2.05) is 6.92 Å². The molecule has 1 heterocycles. The first kappa shape index (κ1) is 18.1. The number of anilines is 1. The second kappa shape index (κ2) is 7.01. The Morgan fingerprint density at radius 1 is 0.964 bits per heavy atom. The Hall–Kier alpha value is -3.32. The molecule has 0 radical (unpaired) electrons. The van der Waals surface area contributed by atoms with Crippen LogP contribution >= 0.6 is 0 Å². The highest BCUT2D eigenvalue weighted by molar-refractivity contribution is 7.92. The Kier molecular flexibility index (Phi) is 4.52. The minimum atomic E-state index is -3.79. The van der Waals surface area contributed by atoms with Gasteiger partial charge in [-0.25, -0.2) is 13.4 Å². The third-order valence-corrected chi connectivity index (χ3v) is 5.84. The normalized spacial score (nSPS) is 18.3. The third kappa shape index (κ3) is 3.44. The summed E-state index contributed by atoms with van der Waals surface area (Å²) in [7, 11) is -3.79. The molecule has 2 aliphatic rings. The van der Waals surface area contributed by atoms with Crippen molar-refractivity contribution in [1.82, 2.24) is 0 Å². The van der Waals surface area contributed by atoms with Crippen LogP contribution in [0.3, 0.4) is 0 Å². The maximum absolute atomic E-state index is 12.8. The zero-order valence-electron chi connectivity index (χ0n) is 15.0. The van der Waals surface area contributed by atoms with Crippen molar-refractivity contribution in [2.45, 2.75) is 11.8 Å². The first-order chi connectivity index (χ1) is 13.4. The first-order valence-corrected chi connectivity index (χ1v) is 10.2. The van der Waals surface area contributed by atoms with Gasteiger partial charge in [-0.3, -0.25) is 9.52 Å². The van der Waals surface area contributed by atoms with Crippen LogP contribution in [0.25, 0.3) is 0 Å². The van der Waals surface area contributed by atoms with Gasteiger partial charge in [0.15, 0.2) is 5.84 Å². The smallest absolute Gasteiger partial charge is 0.261 e. The number of allylic oxidation sites excluding steroid dienone is 3. The van der Waals surface area contributed by atoms with Gasteiger partial charge < -0.3 is 0 Å². The molecule has 0 spiro atoms. The molecule has 0 aromatic heterocycles. The molecule has 1 unspecified atom stereocenters. The highest BCUT2D eigenvalue weighted by Gasteiger charge is 2.28. The minimum Gasteiger partial charge on any atom is -0.279 e. The lowest BCUT2D eigenvalue weighted by molar-refractivity contribution is -0.118. The van der Waals surface area contributed by atoms with Crippen LogP contribution in [0.15, 0.2) is 87.7 Å². The lowest BCUT2D eigenvalue weighted by atomic mass is 9.96. The largest absolute Gasteiger partial charge is 0.279 e. The number of amides is 1. The molecule has 7 heteroatoms. The van der Waals surface area contributed by atoms with Crippen molar-refractivity contribution in [2.24, 2.45) is 15.9 Å². The SMILES string of the molecule is Cc1ccc(S(=O)(=O)Nc2ccccc2C2=NC(=O)C3C=CC=CC3=N2)cc1. The maximum Gasteiger partial charge on any atom is 0.261 e. The van der Waals surface area contributed by atoms with Crippen molar-refractivity contribution < 1.29 is 13.2 Å². The standard InChI is InChI=1S/C21H17N3O3S/c1-14-10-12-15(13-11-14)28(26,27)24-19-9-5-2-6-16(19)20-22-18-8-4-3-7-17(18)21(25)23-20/h2-13,17,24H,1H3. The van der Waals surface area contributed by atoms with E-state index in [4.69, 9.17) is 0 Å². The number of amidine groups is 1. The summed E-state index contributed by atoms with van der Waals surface area (Å²) in [4.78, 5) is 21.1. The number of fused-ring (bicyclic) bond motifs is 1. The monoisotopic (exact) mass is 391 g/mol. The maximum atomic E-state index is 12.8. The van der Waals surface area contributed by atoms with E-state index >= 15 is 0 Å². The molecular formula is C21H17N3O3S. The topological polar surface area (TPSA) is 88.0 Å². The summed E-state index contributed by atoms with van der Waals surface area (Å²) in [6.45, 7) is 1.89. The summed E-state index contributed by atoms with van der Waals surface area (Å²) >= 11 is 0. The summed E-state index contributed by atoms with van der Waals surface area (Å²) in [5.74, 6) is -0.611. The van der Waals surface area contributed by atoms with Crippen LogP contribution in [0, 0.1) is 12.8 Å². The zero-order chi connectivity index (χ0) is 19.7. The third-order valence-electron chi connectivity index (χ3n) is 4.46. The van der Waals surface area contributed by atoms with E-state index in [9.17, 15) is 13.2 Å². The van der Waals surface area contributed by atoms with Gasteiger partial charge in [-0.1, -0.05) is 48.1 Å². The highest BCUT2D eigenvalue weighted by Crippen LogP contribution is 2.25. The Bertz CT molecular complexity index is 1170. The van der Waals surface area contributed by atoms with E-state index in [-0.39, 0.29) is 16.6 Å². The fourth-order valence-electron chi connectivity index (χ4n) is 2.98. The summed E-state index contributed by atoms with van der Waals surface area (Å²) in [5.41, 5.74) is 2.32. The van der Waals surface area contributed by atoms with Crippen LogP contribution in [0.2, 0.25) is 0 Å². The van der Waals surface area contributed by atoms with Gasteiger partial charge in [0, 0.05) is 5.56 Å². The van der Waals surface area contributed by atoms with Crippen molar-refractivity contribution in [3.8, 4) is 0 Å². The van der Waals surface area contributed by atoms with Crippen LogP contribution in [-0.2, 0) is 14.8 Å². The van der Waals surface area contributed by atoms with Crippen LogP contribution < -0.4 is 4.72 Å². The van der Waals surface area contributed by atoms with Gasteiger partial charge in [-0.05, 0) is 37.3 Å². The number of hydrogen-bond acceptors (Lipinski definition) is 4. The molecular weight excluding hydrogens is 374 g/mol. The molecule has 0 fully saturated rings. The van der Waals surface area contributed by atoms with Crippen molar-refractivity contribution >= 4 is 33.2 Å². The fourth-order valence-corrected chi connectivity index (χ4v) is 4.06. The van der Waals surface area contributed by atoms with Gasteiger partial charge in [0.2, 0.25) is 0 Å². The van der Waals surface area contributed by atoms with Crippen LogP contribution in [-0.4, -0.2) is 25.9 Å². The summed E-state index contributed by atoms with van der Waals surface area (Å²) < 4.78 is 28.1. The molecule has 28 heavy (non-hydrogen) atoms. The van der Waals surface area contributed by atoms with Crippen molar-refractivity contribution in [3.05, 3.63) is 84.0 Å². The molecule has 1 aliphatic carbocycles. The lowest BCUT2D eigenvalue weighted by Gasteiger charge is -2.19. The average molecular weight is 391 g/mol. The summed E-state index contributed by atoms with van der Waals surface area (Å²) in [5, 5.41) is 0. The van der Waals surface area contributed by atoms with Gasteiger partial charge in [0.1, 0.15) is 5.92 Å². The number of hydrogen-bond donors (Lipinski definition) is 1. The second-order valence-electron chi connectivity index (χ2n) is 6.50. The van der Waals surface area contributed by atoms with Crippen molar-refractivity contribution in [2.75, 3.05) is 4.72 Å². The molecule has 0 saturated carbocycles. The molecule has 0 saturated heterocycles. The quantitative estimate of drug-likeness (QED) is 0.868. The van der Waals surface area contributed by atoms with E-state index in [2.05, 4.69) is 14.7 Å². The Morgan fingerprint density at radius 2 is 1.71 bits per heavy atom. The molecule has 1 aliphatic heterocycles. The molecule has 140 valence electrons. The van der Waals surface area contributed by atoms with Crippen molar-refractivity contribution in [1.29, 1.82) is 0 Å². The Morgan fingerprint density at radius 3 is 2.50 bits per heavy atom. The summed E-state index contributed by atoms with van der Waals surface area (Å²) in [6.07, 6.45) is 7.09. The molecule has 1 amide bonds. The van der Waals surface area contributed by atoms with E-state index in [0.717, 1.165) is 5.56 Å². The number of para-hydroxylation sites is 1. The van der Waals surface area contributed by atoms with Gasteiger partial charge in [0.05, 0.1) is 16.3 Å². The first-order valence-electron chi connectivity index (χ1n) is 8.69. The number of nitrogens with zero attached hydrogens (tertiary/aromatic N) is 2. The van der Waals surface area contributed by atoms with Gasteiger partial charge in [-0.2, -0.15) is 4.99 Å². The number of aliphatic imine (C=N–C) groups is 2. The fraction of sp³-hybridized carbons (Fsp3) is 0.0952. The van der Waals surface area contributed by atoms with Crippen molar-refractivity contribution in [3.63, 3.8) is 0 Å². The second-order valence-corrected chi connectivity index (χ2v) is 8.18. The number of carbonyl (C=O) groups excluding carboxylic acids is 1. The van der Waals surface area contributed by atoms with E-state index < -0.39 is 15.9 Å². The molecule has 6 nitrogen and oxygen atoms in total. The average Bonchev–Trinajstić information content (AvgIpc) is 2.68. The van der Waals surface area contributed by atoms with E-state index in [1.165, 1.54) is 0 Å². The van der Waals surface area contributed by atoms with Gasteiger partial charge in [0.25, 0.3) is 15.9 Å². The number of rotatable bonds is 4. The molecule has 0 bridgehead atoms. The molecule has 2 aromatic rings. The Balaban J connectivity index is 1.71. The van der Waals surface area contributed by atoms with Crippen LogP contribution in [0.1, 0.15) is 11.1 Å².